The summed E-state index contributed by atoms with van der Waals surface area (Å²) in [5.41, 5.74) is 0.783. The number of thioether (sulfide) groups is 1. The summed E-state index contributed by atoms with van der Waals surface area (Å²) in [6, 6.07) is 13.2. The lowest BCUT2D eigenvalue weighted by Gasteiger charge is -2.44. The molecule has 0 spiro atoms. The van der Waals surface area contributed by atoms with Crippen LogP contribution in [-0.2, 0) is 16.1 Å². The molecule has 8 heteroatoms. The van der Waals surface area contributed by atoms with E-state index in [0.29, 0.717) is 12.3 Å². The van der Waals surface area contributed by atoms with Gasteiger partial charge in [0.15, 0.2) is 24.0 Å². The van der Waals surface area contributed by atoms with Crippen molar-refractivity contribution < 1.29 is 29.1 Å². The Kier molecular flexibility index (Phi) is 4.82. The van der Waals surface area contributed by atoms with Crippen LogP contribution in [0.4, 0.5) is 0 Å². The molecule has 0 unspecified atom stereocenters. The lowest BCUT2D eigenvalue weighted by atomic mass is 9.92. The van der Waals surface area contributed by atoms with E-state index >= 15 is 0 Å². The fourth-order valence-corrected chi connectivity index (χ4v) is 4.80. The van der Waals surface area contributed by atoms with Crippen molar-refractivity contribution in [3.63, 3.8) is 0 Å². The standard InChI is InChI=1S/C20H18N2O5S/c1-12(23)15-17(24)22-16(19(25)26)20(28-18(15)22)27-14-7-5-13(6-8-14)11-21-9-3-2-4-10-21/h2-10,12,15,18,23H,11H2,1H3/t12-,15+,18-/m1/s1. The number of aliphatic hydroxyl groups is 1. The molecule has 144 valence electrons. The first-order valence-electron chi connectivity index (χ1n) is 8.80. The second-order valence-electron chi connectivity index (χ2n) is 6.70. The molecule has 1 aromatic heterocycles. The Morgan fingerprint density at radius 3 is 2.57 bits per heavy atom. The van der Waals surface area contributed by atoms with Gasteiger partial charge in [0.05, 0.1) is 18.0 Å². The van der Waals surface area contributed by atoms with E-state index in [-0.39, 0.29) is 10.8 Å². The molecule has 1 amide bonds. The maximum Gasteiger partial charge on any atom is 0.236 e. The minimum atomic E-state index is -1.47. The Bertz CT molecular complexity index is 943. The zero-order valence-corrected chi connectivity index (χ0v) is 15.8. The van der Waals surface area contributed by atoms with E-state index in [2.05, 4.69) is 0 Å². The molecule has 0 saturated carbocycles. The number of nitrogens with zero attached hydrogens (tertiary/aromatic N) is 2. The maximum absolute atomic E-state index is 12.2. The van der Waals surface area contributed by atoms with Crippen LogP contribution in [0.15, 0.2) is 65.6 Å². The van der Waals surface area contributed by atoms with E-state index in [1.165, 1.54) is 6.92 Å². The number of ether oxygens (including phenoxy) is 1. The van der Waals surface area contributed by atoms with Gasteiger partial charge in [-0.25, -0.2) is 4.57 Å². The van der Waals surface area contributed by atoms with Crippen molar-refractivity contribution in [2.24, 2.45) is 5.92 Å². The van der Waals surface area contributed by atoms with Crippen LogP contribution in [-0.4, -0.2) is 33.4 Å². The summed E-state index contributed by atoms with van der Waals surface area (Å²) in [5, 5.41) is 20.9. The van der Waals surface area contributed by atoms with E-state index < -0.39 is 29.3 Å². The zero-order chi connectivity index (χ0) is 19.8. The number of aromatic nitrogens is 1. The Hall–Kier alpha value is -2.84. The van der Waals surface area contributed by atoms with E-state index in [4.69, 9.17) is 4.74 Å². The summed E-state index contributed by atoms with van der Waals surface area (Å²) in [7, 11) is 0. The molecule has 2 aliphatic rings. The fraction of sp³-hybridized carbons (Fsp3) is 0.250. The highest BCUT2D eigenvalue weighted by Gasteiger charge is 2.57. The molecule has 1 aromatic carbocycles. The largest absolute Gasteiger partial charge is 0.543 e. The molecule has 0 bridgehead atoms. The quantitative estimate of drug-likeness (QED) is 0.553. The summed E-state index contributed by atoms with van der Waals surface area (Å²) < 4.78 is 7.79. The van der Waals surface area contributed by atoms with Gasteiger partial charge in [-0.2, -0.15) is 0 Å². The van der Waals surface area contributed by atoms with Crippen molar-refractivity contribution in [2.75, 3.05) is 0 Å². The first-order valence-corrected chi connectivity index (χ1v) is 9.68. The number of carbonyl (C=O) groups is 2. The molecular formula is C20H18N2O5S. The first kappa shape index (κ1) is 18.5. The highest BCUT2D eigenvalue weighted by Crippen LogP contribution is 2.50. The lowest BCUT2D eigenvalue weighted by Crippen LogP contribution is -2.61. The van der Waals surface area contributed by atoms with Gasteiger partial charge in [0, 0.05) is 17.7 Å². The van der Waals surface area contributed by atoms with Crippen LogP contribution in [0.3, 0.4) is 0 Å². The number of hydrogen-bond donors (Lipinski definition) is 1. The molecule has 28 heavy (non-hydrogen) atoms. The van der Waals surface area contributed by atoms with Crippen molar-refractivity contribution in [2.45, 2.75) is 24.9 Å². The number of carbonyl (C=O) groups excluding carboxylic acids is 2. The molecule has 0 radical (unpaired) electrons. The van der Waals surface area contributed by atoms with Crippen LogP contribution in [0.25, 0.3) is 0 Å². The molecule has 0 aliphatic carbocycles. The van der Waals surface area contributed by atoms with Crippen LogP contribution in [0.5, 0.6) is 5.75 Å². The number of aliphatic carboxylic acids is 1. The third kappa shape index (κ3) is 3.25. The molecular weight excluding hydrogens is 380 g/mol. The SMILES string of the molecule is C[C@@H](O)[C@H]1C(=O)N2C(C(=O)[O-])=C(Oc3ccc(C[n+]4ccccc4)cc3)S[C@H]12. The maximum atomic E-state index is 12.2. The van der Waals surface area contributed by atoms with Gasteiger partial charge in [-0.05, 0) is 31.2 Å². The number of carboxylic acids is 1. The molecule has 4 rings (SSSR count). The van der Waals surface area contributed by atoms with Gasteiger partial charge in [-0.3, -0.25) is 9.69 Å². The minimum Gasteiger partial charge on any atom is -0.543 e. The van der Waals surface area contributed by atoms with Gasteiger partial charge in [-0.15, -0.1) is 0 Å². The number of benzene rings is 1. The highest BCUT2D eigenvalue weighted by molar-refractivity contribution is 8.03. The van der Waals surface area contributed by atoms with Gasteiger partial charge >= 0.3 is 0 Å². The molecule has 2 aliphatic heterocycles. The molecule has 2 aromatic rings. The van der Waals surface area contributed by atoms with Crippen molar-refractivity contribution in [3.05, 3.63) is 71.2 Å². The summed E-state index contributed by atoms with van der Waals surface area (Å²) >= 11 is 1.12. The minimum absolute atomic E-state index is 0.103. The fourth-order valence-electron chi connectivity index (χ4n) is 3.33. The number of rotatable bonds is 6. The highest BCUT2D eigenvalue weighted by atomic mass is 32.2. The topological polar surface area (TPSA) is 93.8 Å². The number of pyridine rings is 1. The summed E-state index contributed by atoms with van der Waals surface area (Å²) in [6.45, 7) is 2.21. The predicted molar refractivity (Wildman–Crippen MR) is 98.2 cm³/mol. The third-order valence-corrected chi connectivity index (χ3v) is 5.97. The second-order valence-corrected chi connectivity index (χ2v) is 7.79. The van der Waals surface area contributed by atoms with Crippen LogP contribution in [0.1, 0.15) is 12.5 Å². The van der Waals surface area contributed by atoms with Gasteiger partial charge in [0.25, 0.3) is 0 Å². The number of aliphatic hydroxyl groups excluding tert-OH is 1. The molecule has 3 atom stereocenters. The van der Waals surface area contributed by atoms with Gasteiger partial charge in [0.2, 0.25) is 5.91 Å². The lowest BCUT2D eigenvalue weighted by molar-refractivity contribution is -0.688. The van der Waals surface area contributed by atoms with Crippen molar-refractivity contribution in [1.29, 1.82) is 0 Å². The Morgan fingerprint density at radius 2 is 1.96 bits per heavy atom. The van der Waals surface area contributed by atoms with E-state index in [1.54, 1.807) is 12.1 Å². The summed E-state index contributed by atoms with van der Waals surface area (Å²) in [4.78, 5) is 24.9. The number of β-lactam (4-membered cyclic amide) rings is 1. The van der Waals surface area contributed by atoms with Crippen molar-refractivity contribution in [3.8, 4) is 5.75 Å². The van der Waals surface area contributed by atoms with Gasteiger partial charge in [0.1, 0.15) is 16.8 Å². The Labute approximate surface area is 165 Å². The molecule has 1 N–H and O–H groups in total. The average molecular weight is 398 g/mol. The van der Waals surface area contributed by atoms with E-state index in [0.717, 1.165) is 22.2 Å². The monoisotopic (exact) mass is 398 g/mol. The average Bonchev–Trinajstić information content (AvgIpc) is 2.98. The van der Waals surface area contributed by atoms with Crippen LogP contribution < -0.4 is 14.4 Å². The number of amides is 1. The van der Waals surface area contributed by atoms with Crippen molar-refractivity contribution in [1.82, 2.24) is 4.90 Å². The van der Waals surface area contributed by atoms with Gasteiger partial charge in [-0.1, -0.05) is 17.8 Å². The number of carboxylic acid groups (broad SMARTS) is 1. The van der Waals surface area contributed by atoms with Gasteiger partial charge < -0.3 is 19.7 Å². The zero-order valence-electron chi connectivity index (χ0n) is 15.0. The predicted octanol–water partition coefficient (Wildman–Crippen LogP) is 0.232. The molecule has 7 nitrogen and oxygen atoms in total. The van der Waals surface area contributed by atoms with Crippen LogP contribution in [0, 0.1) is 5.92 Å². The Morgan fingerprint density at radius 1 is 1.29 bits per heavy atom. The molecule has 3 heterocycles. The smallest absolute Gasteiger partial charge is 0.236 e. The first-order chi connectivity index (χ1) is 13.5. The third-order valence-electron chi connectivity index (χ3n) is 4.74. The summed E-state index contributed by atoms with van der Waals surface area (Å²) in [5.74, 6) is -2.09. The number of fused-ring (bicyclic) bond motifs is 1. The second kappa shape index (κ2) is 7.29. The Balaban J connectivity index is 1.51. The van der Waals surface area contributed by atoms with E-state index in [9.17, 15) is 19.8 Å². The molecule has 1 saturated heterocycles. The van der Waals surface area contributed by atoms with Crippen LogP contribution >= 0.6 is 11.8 Å². The number of hydrogen-bond acceptors (Lipinski definition) is 6. The van der Waals surface area contributed by atoms with E-state index in [1.807, 2.05) is 47.3 Å². The van der Waals surface area contributed by atoms with Crippen molar-refractivity contribution >= 4 is 23.6 Å². The molecule has 1 fully saturated rings. The van der Waals surface area contributed by atoms with Crippen LogP contribution in [0.2, 0.25) is 0 Å². The normalized spacial score (nSPS) is 21.9. The summed E-state index contributed by atoms with van der Waals surface area (Å²) in [6.07, 6.45) is 3.07.